The van der Waals surface area contributed by atoms with Crippen molar-refractivity contribution >= 4 is 33.7 Å². The summed E-state index contributed by atoms with van der Waals surface area (Å²) in [7, 11) is 0. The third-order valence-electron chi connectivity index (χ3n) is 5.97. The van der Waals surface area contributed by atoms with E-state index in [-0.39, 0.29) is 0 Å². The van der Waals surface area contributed by atoms with E-state index in [1.165, 1.54) is 12.8 Å². The molecule has 2 fully saturated rings. The van der Waals surface area contributed by atoms with E-state index >= 15 is 0 Å². The number of nitrogens with zero attached hydrogens (tertiary/aromatic N) is 5. The van der Waals surface area contributed by atoms with Crippen LogP contribution in [-0.2, 0) is 6.42 Å². The molecule has 1 N–H and O–H groups in total. The van der Waals surface area contributed by atoms with Gasteiger partial charge in [-0.2, -0.15) is 0 Å². The monoisotopic (exact) mass is 372 g/mol. The normalized spacial score (nSPS) is 18.2. The summed E-state index contributed by atoms with van der Waals surface area (Å²) < 4.78 is 2.23. The number of benzene rings is 1. The molecule has 0 spiro atoms. The number of aromatic nitrogens is 4. The maximum atomic E-state index is 5.09. The lowest BCUT2D eigenvalue weighted by molar-refractivity contribution is 0.724. The van der Waals surface area contributed by atoms with Gasteiger partial charge in [-0.1, -0.05) is 12.1 Å². The minimum atomic E-state index is 0.769. The van der Waals surface area contributed by atoms with E-state index < -0.39 is 0 Å². The van der Waals surface area contributed by atoms with E-state index in [4.69, 9.17) is 15.0 Å². The van der Waals surface area contributed by atoms with Crippen molar-refractivity contribution in [2.75, 3.05) is 31.1 Å². The van der Waals surface area contributed by atoms with Gasteiger partial charge in [0, 0.05) is 19.6 Å². The Hall–Kier alpha value is -2.73. The van der Waals surface area contributed by atoms with Crippen LogP contribution in [0.5, 0.6) is 0 Å². The number of hydrogen-bond donors (Lipinski definition) is 1. The van der Waals surface area contributed by atoms with Crippen LogP contribution >= 0.6 is 0 Å². The summed E-state index contributed by atoms with van der Waals surface area (Å²) in [6, 6.07) is 12.6. The molecule has 4 heterocycles. The summed E-state index contributed by atoms with van der Waals surface area (Å²) >= 11 is 0. The fourth-order valence-corrected chi connectivity index (χ4v) is 4.30. The second-order valence-electron chi connectivity index (χ2n) is 8.07. The molecule has 0 radical (unpaired) electrons. The zero-order valence-corrected chi connectivity index (χ0v) is 15.9. The van der Waals surface area contributed by atoms with Gasteiger partial charge in [0.1, 0.15) is 11.3 Å². The third kappa shape index (κ3) is 2.71. The summed E-state index contributed by atoms with van der Waals surface area (Å²) in [6.07, 6.45) is 4.78. The molecule has 0 unspecified atom stereocenters. The Morgan fingerprint density at radius 1 is 0.893 bits per heavy atom. The largest absolute Gasteiger partial charge is 0.355 e. The van der Waals surface area contributed by atoms with E-state index in [0.29, 0.717) is 0 Å². The van der Waals surface area contributed by atoms with Crippen LogP contribution in [0.25, 0.3) is 27.8 Å². The van der Waals surface area contributed by atoms with Crippen LogP contribution in [-0.4, -0.2) is 45.5 Å². The van der Waals surface area contributed by atoms with E-state index in [9.17, 15) is 0 Å². The number of para-hydroxylation sites is 2. The Labute approximate surface area is 163 Å². The quantitative estimate of drug-likeness (QED) is 0.599. The molecular formula is C22H24N6. The molecule has 0 bridgehead atoms. The molecule has 0 atom stereocenters. The smallest absolute Gasteiger partial charge is 0.167 e. The first-order chi connectivity index (χ1) is 13.9. The van der Waals surface area contributed by atoms with E-state index in [0.717, 1.165) is 84.3 Å². The molecule has 0 amide bonds. The second-order valence-corrected chi connectivity index (χ2v) is 8.07. The molecule has 142 valence electrons. The lowest BCUT2D eigenvalue weighted by Crippen LogP contribution is -2.28. The maximum absolute atomic E-state index is 5.09. The van der Waals surface area contributed by atoms with E-state index in [1.54, 1.807) is 0 Å². The van der Waals surface area contributed by atoms with Gasteiger partial charge in [-0.15, -0.1) is 0 Å². The highest BCUT2D eigenvalue weighted by Gasteiger charge is 2.25. The summed E-state index contributed by atoms with van der Waals surface area (Å²) in [6.45, 7) is 4.10. The minimum Gasteiger partial charge on any atom is -0.355 e. The van der Waals surface area contributed by atoms with Crippen LogP contribution in [0.3, 0.4) is 0 Å². The Morgan fingerprint density at radius 2 is 1.82 bits per heavy atom. The molecule has 4 aromatic rings. The lowest BCUT2D eigenvalue weighted by atomic mass is 10.2. The molecule has 6 heteroatoms. The van der Waals surface area contributed by atoms with Crippen LogP contribution in [0.1, 0.15) is 25.0 Å². The fraction of sp³-hybridized carbons (Fsp3) is 0.409. The Bertz CT molecular complexity index is 1170. The summed E-state index contributed by atoms with van der Waals surface area (Å²) in [5, 5.41) is 3.47. The number of fused-ring (bicyclic) bond motifs is 5. The molecule has 1 aromatic carbocycles. The number of hydrogen-bond acceptors (Lipinski definition) is 5. The minimum absolute atomic E-state index is 0.769. The Balaban J connectivity index is 1.59. The van der Waals surface area contributed by atoms with Gasteiger partial charge in [-0.3, -0.25) is 4.40 Å². The van der Waals surface area contributed by atoms with Crippen LogP contribution in [0.15, 0.2) is 36.4 Å². The average Bonchev–Trinajstić information content (AvgIpc) is 3.50. The molecule has 6 nitrogen and oxygen atoms in total. The fourth-order valence-electron chi connectivity index (χ4n) is 4.30. The lowest BCUT2D eigenvalue weighted by Gasteiger charge is -2.21. The summed E-state index contributed by atoms with van der Waals surface area (Å²) in [5.74, 6) is 1.80. The van der Waals surface area contributed by atoms with Crippen molar-refractivity contribution in [2.24, 2.45) is 5.92 Å². The van der Waals surface area contributed by atoms with Crippen LogP contribution in [0.2, 0.25) is 0 Å². The first kappa shape index (κ1) is 16.2. The maximum Gasteiger partial charge on any atom is 0.167 e. The topological polar surface area (TPSA) is 58.4 Å². The first-order valence-corrected chi connectivity index (χ1v) is 10.4. The van der Waals surface area contributed by atoms with Gasteiger partial charge >= 0.3 is 0 Å². The molecule has 1 saturated carbocycles. The highest BCUT2D eigenvalue weighted by molar-refractivity contribution is 5.88. The number of nitrogens with one attached hydrogen (secondary N) is 1. The molecule has 1 aliphatic heterocycles. The third-order valence-corrected chi connectivity index (χ3v) is 5.97. The Kier molecular flexibility index (Phi) is 3.72. The average molecular weight is 372 g/mol. The van der Waals surface area contributed by atoms with Crippen molar-refractivity contribution in [1.29, 1.82) is 0 Å². The van der Waals surface area contributed by atoms with E-state index in [2.05, 4.69) is 44.9 Å². The van der Waals surface area contributed by atoms with Gasteiger partial charge < -0.3 is 10.2 Å². The highest BCUT2D eigenvalue weighted by atomic mass is 15.2. The summed E-state index contributed by atoms with van der Waals surface area (Å²) in [5.41, 5.74) is 6.09. The van der Waals surface area contributed by atoms with Crippen molar-refractivity contribution in [3.63, 3.8) is 0 Å². The van der Waals surface area contributed by atoms with Gasteiger partial charge in [0.05, 0.1) is 16.7 Å². The van der Waals surface area contributed by atoms with Crippen LogP contribution < -0.4 is 10.2 Å². The molecule has 2 aliphatic rings. The van der Waals surface area contributed by atoms with Gasteiger partial charge in [-0.05, 0) is 62.4 Å². The van der Waals surface area contributed by atoms with Crippen molar-refractivity contribution < 1.29 is 0 Å². The van der Waals surface area contributed by atoms with Crippen molar-refractivity contribution in [1.82, 2.24) is 24.7 Å². The molecular weight excluding hydrogens is 348 g/mol. The second kappa shape index (κ2) is 6.41. The summed E-state index contributed by atoms with van der Waals surface area (Å²) in [4.78, 5) is 17.4. The Morgan fingerprint density at radius 3 is 2.75 bits per heavy atom. The predicted octanol–water partition coefficient (Wildman–Crippen LogP) is 3.18. The number of imidazole rings is 1. The molecule has 3 aromatic heterocycles. The molecule has 1 saturated heterocycles. The predicted molar refractivity (Wildman–Crippen MR) is 112 cm³/mol. The van der Waals surface area contributed by atoms with Crippen molar-refractivity contribution in [3.8, 4) is 0 Å². The first-order valence-electron chi connectivity index (χ1n) is 10.4. The highest BCUT2D eigenvalue weighted by Crippen LogP contribution is 2.34. The van der Waals surface area contributed by atoms with Gasteiger partial charge in [0.2, 0.25) is 0 Å². The SMILES string of the molecule is c1ccc2c(c1)nc1c(CC3CC3)nc3ccc(N4CCCNCC4)nc3n12. The zero-order chi connectivity index (χ0) is 18.5. The number of anilines is 1. The van der Waals surface area contributed by atoms with Gasteiger partial charge in [0.15, 0.2) is 11.3 Å². The van der Waals surface area contributed by atoms with Crippen LogP contribution in [0.4, 0.5) is 5.82 Å². The molecule has 1 aliphatic carbocycles. The zero-order valence-electron chi connectivity index (χ0n) is 15.9. The molecule has 6 rings (SSSR count). The van der Waals surface area contributed by atoms with Crippen LogP contribution in [0, 0.1) is 5.92 Å². The number of rotatable bonds is 3. The van der Waals surface area contributed by atoms with Crippen molar-refractivity contribution in [2.45, 2.75) is 25.7 Å². The van der Waals surface area contributed by atoms with Crippen molar-refractivity contribution in [3.05, 3.63) is 42.1 Å². The number of pyridine rings is 1. The van der Waals surface area contributed by atoms with Gasteiger partial charge in [-0.25, -0.2) is 15.0 Å². The van der Waals surface area contributed by atoms with E-state index in [1.807, 2.05) is 6.07 Å². The standard InChI is InChI=1S/C22H24N6/c1-2-5-19-16(4-1)25-22-18(14-15-6-7-15)24-17-8-9-20(26-21(17)28(19)22)27-12-3-10-23-11-13-27/h1-2,4-5,8-9,15,23H,3,6-7,10-14H2. The van der Waals surface area contributed by atoms with Gasteiger partial charge in [0.25, 0.3) is 0 Å². The molecule has 28 heavy (non-hydrogen) atoms.